The van der Waals surface area contributed by atoms with Crippen LogP contribution in [-0.2, 0) is 19.9 Å². The minimum atomic E-state index is 0.0676. The molecule has 2 aromatic carbocycles. The van der Waals surface area contributed by atoms with E-state index in [0.717, 1.165) is 40.6 Å². The van der Waals surface area contributed by atoms with Gasteiger partial charge in [-0.2, -0.15) is 0 Å². The summed E-state index contributed by atoms with van der Waals surface area (Å²) in [6.45, 7) is 0. The van der Waals surface area contributed by atoms with Crippen LogP contribution in [-0.4, -0.2) is 11.7 Å². The Morgan fingerprint density at radius 3 is 2.59 bits per heavy atom. The number of methoxy groups -OCH3 is 1. The van der Waals surface area contributed by atoms with Crippen LogP contribution in [0.25, 0.3) is 22.0 Å². The summed E-state index contributed by atoms with van der Waals surface area (Å²) in [5.74, 6) is 0.869. The molecule has 0 amide bonds. The zero-order valence-corrected chi connectivity index (χ0v) is 12.7. The second-order valence-corrected chi connectivity index (χ2v) is 5.76. The lowest BCUT2D eigenvalue weighted by Crippen LogP contribution is -2.23. The van der Waals surface area contributed by atoms with Crippen molar-refractivity contribution in [2.24, 2.45) is 7.05 Å². The molecule has 0 saturated carbocycles. The fourth-order valence-electron chi connectivity index (χ4n) is 3.54. The minimum absolute atomic E-state index is 0.0676. The number of rotatable bonds is 1. The van der Waals surface area contributed by atoms with Crippen LogP contribution in [0.2, 0.25) is 0 Å². The molecule has 3 aromatic rings. The molecule has 22 heavy (non-hydrogen) atoms. The Balaban J connectivity index is 2.11. The first-order valence-electron chi connectivity index (χ1n) is 7.48. The van der Waals surface area contributed by atoms with Crippen LogP contribution < -0.4 is 10.3 Å². The highest BCUT2D eigenvalue weighted by atomic mass is 16.5. The zero-order valence-electron chi connectivity index (χ0n) is 12.7. The summed E-state index contributed by atoms with van der Waals surface area (Å²) >= 11 is 0. The van der Waals surface area contributed by atoms with Crippen molar-refractivity contribution in [1.82, 2.24) is 4.57 Å². The molecule has 0 saturated heterocycles. The number of fused-ring (bicyclic) bond motifs is 5. The molecule has 4 rings (SSSR count). The summed E-state index contributed by atoms with van der Waals surface area (Å²) in [6.07, 6.45) is 1.92. The highest BCUT2D eigenvalue weighted by Gasteiger charge is 2.22. The lowest BCUT2D eigenvalue weighted by atomic mass is 9.86. The van der Waals surface area contributed by atoms with E-state index >= 15 is 0 Å². The molecule has 1 aromatic heterocycles. The highest BCUT2D eigenvalue weighted by molar-refractivity contribution is 5.91. The van der Waals surface area contributed by atoms with Gasteiger partial charge >= 0.3 is 0 Å². The second-order valence-electron chi connectivity index (χ2n) is 5.76. The third kappa shape index (κ3) is 1.72. The third-order valence-electron chi connectivity index (χ3n) is 4.62. The standard InChI is InChI=1S/C19H17NO2/c1-20-18-14-10-8-13(22-2)11-12(14)7-9-16(18)15-5-3-4-6-17(15)19(20)21/h3-6,8,10-11H,7,9H2,1-2H3. The first-order chi connectivity index (χ1) is 10.7. The lowest BCUT2D eigenvalue weighted by molar-refractivity contribution is 0.414. The number of aryl methyl sites for hydroxylation is 2. The van der Waals surface area contributed by atoms with Crippen LogP contribution in [0.3, 0.4) is 0 Å². The Bertz CT molecular complexity index is 954. The summed E-state index contributed by atoms with van der Waals surface area (Å²) in [4.78, 5) is 12.7. The zero-order chi connectivity index (χ0) is 15.3. The third-order valence-corrected chi connectivity index (χ3v) is 4.62. The van der Waals surface area contributed by atoms with Crippen LogP contribution in [0.15, 0.2) is 47.3 Å². The molecule has 0 spiro atoms. The van der Waals surface area contributed by atoms with E-state index in [-0.39, 0.29) is 5.56 Å². The number of nitrogens with zero attached hydrogens (tertiary/aromatic N) is 1. The van der Waals surface area contributed by atoms with Gasteiger partial charge in [0, 0.05) is 18.0 Å². The number of aromatic nitrogens is 1. The second kappa shape index (κ2) is 4.73. The first kappa shape index (κ1) is 13.1. The fourth-order valence-corrected chi connectivity index (χ4v) is 3.54. The van der Waals surface area contributed by atoms with Gasteiger partial charge in [0.05, 0.1) is 12.8 Å². The molecule has 1 heterocycles. The van der Waals surface area contributed by atoms with Gasteiger partial charge in [-0.25, -0.2) is 0 Å². The van der Waals surface area contributed by atoms with Crippen molar-refractivity contribution in [2.75, 3.05) is 7.11 Å². The van der Waals surface area contributed by atoms with Crippen LogP contribution >= 0.6 is 0 Å². The van der Waals surface area contributed by atoms with Gasteiger partial charge in [-0.15, -0.1) is 0 Å². The van der Waals surface area contributed by atoms with E-state index in [9.17, 15) is 4.79 Å². The molecule has 1 aliphatic rings. The van der Waals surface area contributed by atoms with Gasteiger partial charge < -0.3 is 9.30 Å². The van der Waals surface area contributed by atoms with Crippen molar-refractivity contribution in [2.45, 2.75) is 12.8 Å². The molecule has 0 aliphatic heterocycles. The van der Waals surface area contributed by atoms with Crippen molar-refractivity contribution in [3.8, 4) is 17.0 Å². The van der Waals surface area contributed by atoms with Crippen molar-refractivity contribution in [3.63, 3.8) is 0 Å². The molecule has 0 atom stereocenters. The maximum atomic E-state index is 12.7. The Morgan fingerprint density at radius 1 is 1.05 bits per heavy atom. The van der Waals surface area contributed by atoms with Crippen LogP contribution in [0.1, 0.15) is 11.1 Å². The first-order valence-corrected chi connectivity index (χ1v) is 7.48. The van der Waals surface area contributed by atoms with Crippen LogP contribution in [0.5, 0.6) is 5.75 Å². The maximum Gasteiger partial charge on any atom is 0.258 e. The molecule has 0 bridgehead atoms. The smallest absolute Gasteiger partial charge is 0.258 e. The molecule has 0 N–H and O–H groups in total. The largest absolute Gasteiger partial charge is 0.497 e. The van der Waals surface area contributed by atoms with Crippen LogP contribution in [0, 0.1) is 0 Å². The summed E-state index contributed by atoms with van der Waals surface area (Å²) in [7, 11) is 3.55. The Hall–Kier alpha value is -2.55. The van der Waals surface area contributed by atoms with Gasteiger partial charge in [0.1, 0.15) is 5.75 Å². The van der Waals surface area contributed by atoms with E-state index in [1.807, 2.05) is 31.3 Å². The lowest BCUT2D eigenvalue weighted by Gasteiger charge is -2.24. The fraction of sp³-hybridized carbons (Fsp3) is 0.211. The molecule has 110 valence electrons. The minimum Gasteiger partial charge on any atom is -0.497 e. The van der Waals surface area contributed by atoms with Gasteiger partial charge in [0.15, 0.2) is 0 Å². The van der Waals surface area contributed by atoms with Gasteiger partial charge in [0.25, 0.3) is 5.56 Å². The molecule has 0 fully saturated rings. The van der Waals surface area contributed by atoms with Gasteiger partial charge in [-0.1, -0.05) is 18.2 Å². The molecule has 0 unspecified atom stereocenters. The van der Waals surface area contributed by atoms with Gasteiger partial charge in [0.2, 0.25) is 0 Å². The Morgan fingerprint density at radius 2 is 1.82 bits per heavy atom. The molecular weight excluding hydrogens is 274 g/mol. The van der Waals surface area contributed by atoms with E-state index in [1.165, 1.54) is 11.1 Å². The van der Waals surface area contributed by atoms with Crippen molar-refractivity contribution >= 4 is 10.8 Å². The topological polar surface area (TPSA) is 31.2 Å². The Labute approximate surface area is 128 Å². The van der Waals surface area contributed by atoms with Crippen molar-refractivity contribution in [3.05, 3.63) is 63.9 Å². The van der Waals surface area contributed by atoms with E-state index in [2.05, 4.69) is 18.2 Å². The van der Waals surface area contributed by atoms with E-state index in [0.29, 0.717) is 0 Å². The summed E-state index contributed by atoms with van der Waals surface area (Å²) < 4.78 is 7.12. The van der Waals surface area contributed by atoms with E-state index < -0.39 is 0 Å². The number of hydrogen-bond donors (Lipinski definition) is 0. The average Bonchev–Trinajstić information content (AvgIpc) is 2.58. The molecular formula is C19H17NO2. The average molecular weight is 291 g/mol. The molecule has 3 nitrogen and oxygen atoms in total. The predicted molar refractivity (Wildman–Crippen MR) is 88.6 cm³/mol. The quantitative estimate of drug-likeness (QED) is 0.689. The monoisotopic (exact) mass is 291 g/mol. The summed E-state index contributed by atoms with van der Waals surface area (Å²) in [6, 6.07) is 14.0. The number of hydrogen-bond acceptors (Lipinski definition) is 2. The number of benzene rings is 2. The normalized spacial score (nSPS) is 12.8. The van der Waals surface area contributed by atoms with Crippen molar-refractivity contribution < 1.29 is 4.74 Å². The maximum absolute atomic E-state index is 12.7. The van der Waals surface area contributed by atoms with E-state index in [4.69, 9.17) is 4.74 Å². The van der Waals surface area contributed by atoms with Crippen LogP contribution in [0.4, 0.5) is 0 Å². The Kier molecular flexibility index (Phi) is 2.83. The molecule has 3 heteroatoms. The van der Waals surface area contributed by atoms with Gasteiger partial charge in [-0.3, -0.25) is 4.79 Å². The van der Waals surface area contributed by atoms with Gasteiger partial charge in [-0.05, 0) is 53.6 Å². The molecule has 0 radical (unpaired) electrons. The number of pyridine rings is 1. The van der Waals surface area contributed by atoms with Crippen molar-refractivity contribution in [1.29, 1.82) is 0 Å². The predicted octanol–water partition coefficient (Wildman–Crippen LogP) is 3.31. The SMILES string of the molecule is COc1ccc2c(c1)CCc1c-2n(C)c(=O)c2ccccc12. The van der Waals surface area contributed by atoms with E-state index in [1.54, 1.807) is 11.7 Å². The highest BCUT2D eigenvalue weighted by Crippen LogP contribution is 2.37. The summed E-state index contributed by atoms with van der Waals surface area (Å²) in [5.41, 5.74) is 4.78. The summed E-state index contributed by atoms with van der Waals surface area (Å²) in [5, 5.41) is 1.89. The number of ether oxygens (including phenoxy) is 1. The molecule has 1 aliphatic carbocycles.